The summed E-state index contributed by atoms with van der Waals surface area (Å²) in [5.41, 5.74) is 5.05. The monoisotopic (exact) mass is 233 g/mol. The number of halogens is 3. The van der Waals surface area contributed by atoms with Crippen molar-refractivity contribution >= 4 is 0 Å². The maximum absolute atomic E-state index is 12.4. The number of ether oxygens (including phenoxy) is 2. The first-order valence-corrected chi connectivity index (χ1v) is 4.70. The molecule has 1 aromatic rings. The van der Waals surface area contributed by atoms with Crippen LogP contribution in [0.2, 0.25) is 0 Å². The maximum atomic E-state index is 12.4. The quantitative estimate of drug-likeness (QED) is 0.807. The number of nitrogens with two attached hydrogens (primary N) is 1. The van der Waals surface area contributed by atoms with Gasteiger partial charge in [-0.3, -0.25) is 0 Å². The largest absolute Gasteiger partial charge is 0.486 e. The van der Waals surface area contributed by atoms with Crippen molar-refractivity contribution < 1.29 is 22.6 Å². The molecule has 1 aliphatic heterocycles. The van der Waals surface area contributed by atoms with Crippen LogP contribution in [0.15, 0.2) is 18.2 Å². The van der Waals surface area contributed by atoms with Crippen molar-refractivity contribution in [2.75, 3.05) is 13.2 Å². The lowest BCUT2D eigenvalue weighted by molar-refractivity contribution is -0.149. The fraction of sp³-hybridized carbons (Fsp3) is 0.400. The van der Waals surface area contributed by atoms with Crippen LogP contribution in [0.3, 0.4) is 0 Å². The van der Waals surface area contributed by atoms with Gasteiger partial charge in [0.15, 0.2) is 11.5 Å². The van der Waals surface area contributed by atoms with Gasteiger partial charge >= 0.3 is 6.18 Å². The molecule has 0 saturated carbocycles. The molecule has 0 aromatic heterocycles. The van der Waals surface area contributed by atoms with Gasteiger partial charge in [0.25, 0.3) is 0 Å². The smallest absolute Gasteiger partial charge is 0.407 e. The number of fused-ring (bicyclic) bond motifs is 1. The maximum Gasteiger partial charge on any atom is 0.407 e. The van der Waals surface area contributed by atoms with Crippen LogP contribution >= 0.6 is 0 Å². The zero-order valence-corrected chi connectivity index (χ0v) is 8.25. The van der Waals surface area contributed by atoms with Crippen molar-refractivity contribution in [1.82, 2.24) is 0 Å². The van der Waals surface area contributed by atoms with Crippen molar-refractivity contribution in [2.24, 2.45) is 5.73 Å². The minimum Gasteiger partial charge on any atom is -0.486 e. The Balaban J connectivity index is 2.30. The van der Waals surface area contributed by atoms with Crippen LogP contribution in [0.1, 0.15) is 11.6 Å². The molecule has 0 fully saturated rings. The Morgan fingerprint density at radius 1 is 1.12 bits per heavy atom. The van der Waals surface area contributed by atoms with E-state index in [0.29, 0.717) is 24.7 Å². The minimum absolute atomic E-state index is 0.0308. The third-order valence-electron chi connectivity index (χ3n) is 2.28. The summed E-state index contributed by atoms with van der Waals surface area (Å²) >= 11 is 0. The van der Waals surface area contributed by atoms with Crippen molar-refractivity contribution in [3.05, 3.63) is 23.8 Å². The van der Waals surface area contributed by atoms with Gasteiger partial charge < -0.3 is 15.2 Å². The van der Waals surface area contributed by atoms with Gasteiger partial charge in [-0.25, -0.2) is 0 Å². The van der Waals surface area contributed by atoms with Gasteiger partial charge in [0.1, 0.15) is 19.3 Å². The number of benzene rings is 1. The highest BCUT2D eigenvalue weighted by atomic mass is 19.4. The van der Waals surface area contributed by atoms with E-state index in [2.05, 4.69) is 0 Å². The molecule has 0 saturated heterocycles. The fourth-order valence-corrected chi connectivity index (χ4v) is 1.44. The molecular weight excluding hydrogens is 223 g/mol. The Bertz CT molecular complexity index is 392. The van der Waals surface area contributed by atoms with Crippen LogP contribution in [-0.2, 0) is 0 Å². The first-order valence-electron chi connectivity index (χ1n) is 4.70. The molecule has 0 radical (unpaired) electrons. The van der Waals surface area contributed by atoms with Gasteiger partial charge in [-0.2, -0.15) is 13.2 Å². The van der Waals surface area contributed by atoms with E-state index in [9.17, 15) is 13.2 Å². The van der Waals surface area contributed by atoms with Crippen LogP contribution in [0.5, 0.6) is 11.5 Å². The summed E-state index contributed by atoms with van der Waals surface area (Å²) in [6.07, 6.45) is -4.45. The summed E-state index contributed by atoms with van der Waals surface area (Å²) in [6.45, 7) is 0.732. The first-order chi connectivity index (χ1) is 7.48. The molecule has 0 amide bonds. The molecule has 0 aliphatic carbocycles. The second kappa shape index (κ2) is 3.86. The average Bonchev–Trinajstić information content (AvgIpc) is 2.26. The summed E-state index contributed by atoms with van der Waals surface area (Å²) < 4.78 is 47.5. The lowest BCUT2D eigenvalue weighted by atomic mass is 10.1. The Labute approximate surface area is 89.9 Å². The number of alkyl halides is 3. The van der Waals surface area contributed by atoms with Crippen molar-refractivity contribution in [2.45, 2.75) is 12.2 Å². The SMILES string of the molecule is N[C@H](c1ccc2c(c1)OCCO2)C(F)(F)F. The zero-order chi connectivity index (χ0) is 11.8. The van der Waals surface area contributed by atoms with E-state index in [1.807, 2.05) is 0 Å². The number of rotatable bonds is 1. The van der Waals surface area contributed by atoms with E-state index in [0.717, 1.165) is 0 Å². The van der Waals surface area contributed by atoms with Gasteiger partial charge in [-0.1, -0.05) is 6.07 Å². The summed E-state index contributed by atoms with van der Waals surface area (Å²) in [7, 11) is 0. The van der Waals surface area contributed by atoms with Gasteiger partial charge in [-0.05, 0) is 17.7 Å². The van der Waals surface area contributed by atoms with Crippen molar-refractivity contribution in [3.63, 3.8) is 0 Å². The molecule has 2 rings (SSSR count). The highest BCUT2D eigenvalue weighted by Gasteiger charge is 2.38. The molecule has 6 heteroatoms. The predicted molar refractivity (Wildman–Crippen MR) is 50.4 cm³/mol. The highest BCUT2D eigenvalue weighted by Crippen LogP contribution is 2.36. The fourth-order valence-electron chi connectivity index (χ4n) is 1.44. The van der Waals surface area contributed by atoms with Crippen LogP contribution < -0.4 is 15.2 Å². The standard InChI is InChI=1S/C10H10F3NO2/c11-10(12,13)9(14)6-1-2-7-8(5-6)16-4-3-15-7/h1-2,5,9H,3-4,14H2/t9-/m1/s1. The summed E-state index contributed by atoms with van der Waals surface area (Å²) in [5, 5.41) is 0. The molecule has 16 heavy (non-hydrogen) atoms. The van der Waals surface area contributed by atoms with E-state index < -0.39 is 12.2 Å². The molecular formula is C10H10F3NO2. The Morgan fingerprint density at radius 3 is 2.38 bits per heavy atom. The van der Waals surface area contributed by atoms with E-state index >= 15 is 0 Å². The number of hydrogen-bond acceptors (Lipinski definition) is 3. The summed E-state index contributed by atoms with van der Waals surface area (Å²) in [6, 6.07) is 2.01. The Morgan fingerprint density at radius 2 is 1.75 bits per heavy atom. The molecule has 3 nitrogen and oxygen atoms in total. The molecule has 1 aromatic carbocycles. The average molecular weight is 233 g/mol. The van der Waals surface area contributed by atoms with E-state index in [1.54, 1.807) is 0 Å². The van der Waals surface area contributed by atoms with Gasteiger partial charge in [0, 0.05) is 0 Å². The third kappa shape index (κ3) is 2.06. The normalized spacial score (nSPS) is 17.0. The van der Waals surface area contributed by atoms with E-state index in [1.165, 1.54) is 18.2 Å². The molecule has 0 spiro atoms. The number of hydrogen-bond donors (Lipinski definition) is 1. The molecule has 0 unspecified atom stereocenters. The highest BCUT2D eigenvalue weighted by molar-refractivity contribution is 5.44. The summed E-state index contributed by atoms with van der Waals surface area (Å²) in [4.78, 5) is 0. The molecule has 88 valence electrons. The molecule has 1 heterocycles. The minimum atomic E-state index is -4.45. The van der Waals surface area contributed by atoms with Crippen molar-refractivity contribution in [3.8, 4) is 11.5 Å². The van der Waals surface area contributed by atoms with E-state index in [-0.39, 0.29) is 5.56 Å². The van der Waals surface area contributed by atoms with Crippen LogP contribution in [0.4, 0.5) is 13.2 Å². The third-order valence-corrected chi connectivity index (χ3v) is 2.28. The first kappa shape index (κ1) is 11.1. The van der Waals surface area contributed by atoms with Crippen molar-refractivity contribution in [1.29, 1.82) is 0 Å². The Hall–Kier alpha value is -1.43. The predicted octanol–water partition coefficient (Wildman–Crippen LogP) is 2.02. The Kier molecular flexibility index (Phi) is 2.67. The zero-order valence-electron chi connectivity index (χ0n) is 8.25. The van der Waals surface area contributed by atoms with Gasteiger partial charge in [0.05, 0.1) is 0 Å². The second-order valence-corrected chi connectivity index (χ2v) is 3.42. The van der Waals surface area contributed by atoms with Crippen LogP contribution in [0, 0.1) is 0 Å². The van der Waals surface area contributed by atoms with Gasteiger partial charge in [-0.15, -0.1) is 0 Å². The van der Waals surface area contributed by atoms with Crippen LogP contribution in [0.25, 0.3) is 0 Å². The topological polar surface area (TPSA) is 44.5 Å². The lowest BCUT2D eigenvalue weighted by Crippen LogP contribution is -2.28. The molecule has 1 aliphatic rings. The lowest BCUT2D eigenvalue weighted by Gasteiger charge is -2.21. The molecule has 0 bridgehead atoms. The molecule has 1 atom stereocenters. The van der Waals surface area contributed by atoms with E-state index in [4.69, 9.17) is 15.2 Å². The van der Waals surface area contributed by atoms with Crippen LogP contribution in [-0.4, -0.2) is 19.4 Å². The molecule has 2 N–H and O–H groups in total. The summed E-state index contributed by atoms with van der Waals surface area (Å²) in [5.74, 6) is 0.757. The second-order valence-electron chi connectivity index (χ2n) is 3.42. The van der Waals surface area contributed by atoms with Gasteiger partial charge in [0.2, 0.25) is 0 Å².